The van der Waals surface area contributed by atoms with Crippen LogP contribution in [-0.2, 0) is 14.3 Å². The van der Waals surface area contributed by atoms with Crippen molar-refractivity contribution in [1.82, 2.24) is 4.98 Å². The summed E-state index contributed by atoms with van der Waals surface area (Å²) in [7, 11) is 0. The second kappa shape index (κ2) is 13.6. The van der Waals surface area contributed by atoms with E-state index in [0.717, 1.165) is 24.2 Å². The molecule has 10 heteroatoms. The number of hydrogen-bond acceptors (Lipinski definition) is 9. The van der Waals surface area contributed by atoms with Gasteiger partial charge in [-0.2, -0.15) is 0 Å². The van der Waals surface area contributed by atoms with Gasteiger partial charge in [0.1, 0.15) is 27.9 Å². The molecule has 0 radical (unpaired) electrons. The number of para-hydroxylation sites is 1. The molecule has 2 heterocycles. The van der Waals surface area contributed by atoms with Crippen LogP contribution < -0.4 is 14.4 Å². The first-order chi connectivity index (χ1) is 21.3. The Hall–Kier alpha value is -4.96. The molecule has 1 aliphatic rings. The predicted molar refractivity (Wildman–Crippen MR) is 167 cm³/mol. The van der Waals surface area contributed by atoms with E-state index in [1.54, 1.807) is 62.4 Å². The normalized spacial score (nSPS) is 15.8. The summed E-state index contributed by atoms with van der Waals surface area (Å²) in [5, 5.41) is 11.7. The molecular formula is C34H32N2O7S. The van der Waals surface area contributed by atoms with Gasteiger partial charge in [0.15, 0.2) is 5.13 Å². The molecule has 226 valence electrons. The summed E-state index contributed by atoms with van der Waals surface area (Å²) in [5.74, 6) is -0.969. The van der Waals surface area contributed by atoms with Gasteiger partial charge >= 0.3 is 11.9 Å². The molecule has 1 aromatic heterocycles. The van der Waals surface area contributed by atoms with Gasteiger partial charge in [0.2, 0.25) is 0 Å². The van der Waals surface area contributed by atoms with Crippen LogP contribution in [0.3, 0.4) is 0 Å². The molecule has 1 amide bonds. The minimum absolute atomic E-state index is 0.114. The lowest BCUT2D eigenvalue weighted by Gasteiger charge is -2.23. The highest BCUT2D eigenvalue weighted by atomic mass is 32.1. The highest BCUT2D eigenvalue weighted by Gasteiger charge is 2.48. The van der Waals surface area contributed by atoms with E-state index in [1.807, 2.05) is 30.3 Å². The number of hydrogen-bond donors (Lipinski definition) is 1. The number of carbonyl (C=O) groups excluding carboxylic acids is 3. The molecular weight excluding hydrogens is 580 g/mol. The topological polar surface area (TPSA) is 115 Å². The van der Waals surface area contributed by atoms with Crippen molar-refractivity contribution in [3.63, 3.8) is 0 Å². The molecule has 0 bridgehead atoms. The van der Waals surface area contributed by atoms with Gasteiger partial charge in [-0.05, 0) is 74.4 Å². The SMILES string of the molecule is CCCCOc1ccc(C(O)=C2C(=O)C(=O)N(c3nc(C)c(C(=O)OCC)s3)[C@@H]2c2cccc(Oc3ccccc3)c2)cc1. The number of amides is 1. The molecule has 0 spiro atoms. The standard InChI is InChI=1S/C34H32N2O7S/c1-4-6-19-42-24-17-15-22(16-18-24)29(37)27-28(23-11-10-14-26(20-23)43-25-12-8-7-9-13-25)36(32(39)30(27)38)34-35-21(3)31(44-34)33(40)41-5-2/h7-18,20,28,37H,4-6,19H2,1-3H3/t28-/m1/s1. The minimum atomic E-state index is -1.06. The lowest BCUT2D eigenvalue weighted by atomic mass is 9.95. The van der Waals surface area contributed by atoms with Crippen LogP contribution >= 0.6 is 11.3 Å². The number of esters is 1. The van der Waals surface area contributed by atoms with E-state index in [2.05, 4.69) is 11.9 Å². The molecule has 3 aromatic carbocycles. The van der Waals surface area contributed by atoms with E-state index in [4.69, 9.17) is 14.2 Å². The Balaban J connectivity index is 1.60. The summed E-state index contributed by atoms with van der Waals surface area (Å²) in [6.07, 6.45) is 1.91. The van der Waals surface area contributed by atoms with Crippen molar-refractivity contribution < 1.29 is 33.7 Å². The highest BCUT2D eigenvalue weighted by molar-refractivity contribution is 7.17. The quantitative estimate of drug-likeness (QED) is 0.0620. The van der Waals surface area contributed by atoms with Crippen LogP contribution in [0.5, 0.6) is 17.2 Å². The number of nitrogens with zero attached hydrogens (tertiary/aromatic N) is 2. The number of aliphatic hydroxyl groups excluding tert-OH is 1. The number of carbonyl (C=O) groups is 3. The van der Waals surface area contributed by atoms with Crippen LogP contribution in [0.1, 0.15) is 59.2 Å². The van der Waals surface area contributed by atoms with Crippen LogP contribution in [0.15, 0.2) is 84.4 Å². The zero-order valence-electron chi connectivity index (χ0n) is 24.6. The third-order valence-corrected chi connectivity index (χ3v) is 8.08. The Morgan fingerprint density at radius 1 is 0.955 bits per heavy atom. The lowest BCUT2D eigenvalue weighted by Crippen LogP contribution is -2.29. The minimum Gasteiger partial charge on any atom is -0.507 e. The number of ketones is 1. The first kappa shape index (κ1) is 30.5. The number of aromatic nitrogens is 1. The maximum absolute atomic E-state index is 13.7. The maximum Gasteiger partial charge on any atom is 0.350 e. The van der Waals surface area contributed by atoms with Gasteiger partial charge in [-0.15, -0.1) is 0 Å². The van der Waals surface area contributed by atoms with Crippen LogP contribution in [0, 0.1) is 6.92 Å². The molecule has 1 atom stereocenters. The van der Waals surface area contributed by atoms with Crippen molar-refractivity contribution in [2.45, 2.75) is 39.7 Å². The van der Waals surface area contributed by atoms with Crippen molar-refractivity contribution in [3.05, 3.63) is 106 Å². The number of rotatable bonds is 11. The number of anilines is 1. The molecule has 4 aromatic rings. The summed E-state index contributed by atoms with van der Waals surface area (Å²) < 4.78 is 16.9. The van der Waals surface area contributed by atoms with Gasteiger partial charge in [-0.25, -0.2) is 9.78 Å². The molecule has 1 aliphatic heterocycles. The van der Waals surface area contributed by atoms with Gasteiger partial charge in [0.25, 0.3) is 5.78 Å². The van der Waals surface area contributed by atoms with Crippen molar-refractivity contribution in [2.24, 2.45) is 0 Å². The van der Waals surface area contributed by atoms with E-state index >= 15 is 0 Å². The van der Waals surface area contributed by atoms with Crippen LogP contribution in [0.4, 0.5) is 5.13 Å². The molecule has 0 unspecified atom stereocenters. The number of benzene rings is 3. The number of Topliss-reactive ketones (excluding diaryl/α,β-unsaturated/α-hetero) is 1. The molecule has 5 rings (SSSR count). The number of thiazole rings is 1. The molecule has 0 aliphatic carbocycles. The average Bonchev–Trinajstić information content (AvgIpc) is 3.54. The number of unbranched alkanes of at least 4 members (excludes halogenated alkanes) is 1. The summed E-state index contributed by atoms with van der Waals surface area (Å²) in [5.41, 5.74) is 1.10. The fourth-order valence-corrected chi connectivity index (χ4v) is 5.78. The maximum atomic E-state index is 13.7. The van der Waals surface area contributed by atoms with Gasteiger partial charge < -0.3 is 19.3 Å². The van der Waals surface area contributed by atoms with Crippen LogP contribution in [0.2, 0.25) is 0 Å². The van der Waals surface area contributed by atoms with Crippen molar-refractivity contribution in [3.8, 4) is 17.2 Å². The highest BCUT2D eigenvalue weighted by Crippen LogP contribution is 2.44. The predicted octanol–water partition coefficient (Wildman–Crippen LogP) is 7.23. The van der Waals surface area contributed by atoms with Gasteiger partial charge in [-0.1, -0.05) is 55.0 Å². The summed E-state index contributed by atoms with van der Waals surface area (Å²) in [4.78, 5) is 45.8. The fourth-order valence-electron chi connectivity index (χ4n) is 4.79. The van der Waals surface area contributed by atoms with Crippen LogP contribution in [-0.4, -0.2) is 41.0 Å². The average molecular weight is 613 g/mol. The van der Waals surface area contributed by atoms with E-state index in [1.165, 1.54) is 4.90 Å². The Bertz CT molecular complexity index is 1700. The first-order valence-electron chi connectivity index (χ1n) is 14.3. The number of aryl methyl sites for hydroxylation is 1. The Labute approximate surface area is 259 Å². The Kier molecular flexibility index (Phi) is 9.40. The van der Waals surface area contributed by atoms with Gasteiger partial charge in [0.05, 0.1) is 30.5 Å². The fraction of sp³-hybridized carbons (Fsp3) is 0.235. The molecule has 9 nitrogen and oxygen atoms in total. The summed E-state index contributed by atoms with van der Waals surface area (Å²) >= 11 is 0.952. The zero-order valence-corrected chi connectivity index (χ0v) is 25.4. The van der Waals surface area contributed by atoms with Crippen molar-refractivity contribution in [1.29, 1.82) is 0 Å². The van der Waals surface area contributed by atoms with Crippen molar-refractivity contribution in [2.75, 3.05) is 18.1 Å². The molecule has 1 fully saturated rings. The molecule has 1 saturated heterocycles. The van der Waals surface area contributed by atoms with Gasteiger partial charge in [-0.3, -0.25) is 14.5 Å². The second-order valence-electron chi connectivity index (χ2n) is 10.0. The van der Waals surface area contributed by atoms with Gasteiger partial charge in [0, 0.05) is 5.56 Å². The Morgan fingerprint density at radius 2 is 1.68 bits per heavy atom. The van der Waals surface area contributed by atoms with E-state index in [0.29, 0.717) is 40.7 Å². The van der Waals surface area contributed by atoms with Crippen molar-refractivity contribution >= 4 is 39.9 Å². The molecule has 0 saturated carbocycles. The summed E-state index contributed by atoms with van der Waals surface area (Å²) in [6.45, 7) is 6.14. The van der Waals surface area contributed by atoms with E-state index in [-0.39, 0.29) is 27.9 Å². The first-order valence-corrected chi connectivity index (χ1v) is 15.2. The zero-order chi connectivity index (χ0) is 31.2. The Morgan fingerprint density at radius 3 is 2.39 bits per heavy atom. The number of ether oxygens (including phenoxy) is 3. The third-order valence-electron chi connectivity index (χ3n) is 6.94. The van der Waals surface area contributed by atoms with E-state index in [9.17, 15) is 19.5 Å². The molecule has 44 heavy (non-hydrogen) atoms. The second-order valence-corrected chi connectivity index (χ2v) is 11.0. The smallest absolute Gasteiger partial charge is 0.350 e. The molecule has 1 N–H and O–H groups in total. The number of aliphatic hydroxyl groups is 1. The summed E-state index contributed by atoms with van der Waals surface area (Å²) in [6, 6.07) is 21.8. The third kappa shape index (κ3) is 6.35. The monoisotopic (exact) mass is 612 g/mol. The van der Waals surface area contributed by atoms with Crippen LogP contribution in [0.25, 0.3) is 5.76 Å². The largest absolute Gasteiger partial charge is 0.507 e. The lowest BCUT2D eigenvalue weighted by molar-refractivity contribution is -0.132. The van der Waals surface area contributed by atoms with E-state index < -0.39 is 23.7 Å².